The number of pyridine rings is 1. The predicted octanol–water partition coefficient (Wildman–Crippen LogP) is 2.21. The molecule has 0 aliphatic heterocycles. The number of rotatable bonds is 6. The van der Waals surface area contributed by atoms with Crippen molar-refractivity contribution in [3.05, 3.63) is 51.7 Å². The van der Waals surface area contributed by atoms with Crippen molar-refractivity contribution in [2.24, 2.45) is 7.05 Å². The number of nitrogen functional groups attached to an aromatic ring is 1. The van der Waals surface area contributed by atoms with Gasteiger partial charge in [-0.1, -0.05) is 23.7 Å². The Morgan fingerprint density at radius 2 is 2.13 bits per heavy atom. The molecule has 0 unspecified atom stereocenters. The van der Waals surface area contributed by atoms with E-state index >= 15 is 0 Å². The van der Waals surface area contributed by atoms with Crippen molar-refractivity contribution < 1.29 is 0 Å². The molecule has 0 amide bonds. The minimum Gasteiger partial charge on any atom is -0.383 e. The van der Waals surface area contributed by atoms with Crippen LogP contribution in [0.3, 0.4) is 0 Å². The maximum atomic E-state index is 13.2. The third-order valence-electron chi connectivity index (χ3n) is 5.30. The lowest BCUT2D eigenvalue weighted by atomic mass is 10.1. The zero-order valence-electron chi connectivity index (χ0n) is 16.8. The van der Waals surface area contributed by atoms with Crippen molar-refractivity contribution in [1.29, 1.82) is 0 Å². The normalized spacial score (nSPS) is 13.6. The van der Waals surface area contributed by atoms with Gasteiger partial charge in [-0.2, -0.15) is 4.80 Å². The summed E-state index contributed by atoms with van der Waals surface area (Å²) in [5, 5.41) is 17.3. The molecule has 11 heteroatoms. The average molecular weight is 438 g/mol. The Bertz CT molecular complexity index is 1340. The third kappa shape index (κ3) is 3.59. The van der Waals surface area contributed by atoms with Gasteiger partial charge in [-0.3, -0.25) is 4.79 Å². The number of hydrogen-bond donors (Lipinski definition) is 2. The molecule has 1 aromatic carbocycles. The maximum Gasteiger partial charge on any atom is 0.260 e. The van der Waals surface area contributed by atoms with Gasteiger partial charge >= 0.3 is 0 Å². The number of nitrogens with zero attached hydrogens (tertiary/aromatic N) is 7. The highest BCUT2D eigenvalue weighted by Gasteiger charge is 2.28. The Hall–Kier alpha value is -3.53. The standard InChI is InChI=1S/C20H20ClN9O/c1-29-27-19(26-28-29)16-17(22)24-10-25-18(16)23-8-7-13-9-11-3-2-4-14(21)15(11)20(31)30(13)12-5-6-12/h2-4,9-10,12H,5-8H2,1H3,(H3,22,23,24,25). The number of aryl methyl sites for hydroxylation is 1. The number of halogens is 1. The summed E-state index contributed by atoms with van der Waals surface area (Å²) in [6, 6.07) is 7.81. The zero-order chi connectivity index (χ0) is 21.5. The number of anilines is 2. The number of tetrazole rings is 1. The minimum atomic E-state index is -0.0312. The summed E-state index contributed by atoms with van der Waals surface area (Å²) in [4.78, 5) is 22.9. The lowest BCUT2D eigenvalue weighted by molar-refractivity contribution is 0.630. The fraction of sp³-hybridized carbons (Fsp3) is 0.300. The second-order valence-electron chi connectivity index (χ2n) is 7.51. The van der Waals surface area contributed by atoms with Crippen molar-refractivity contribution in [2.45, 2.75) is 25.3 Å². The summed E-state index contributed by atoms with van der Waals surface area (Å²) in [5.41, 5.74) is 7.47. The van der Waals surface area contributed by atoms with E-state index in [1.54, 1.807) is 13.1 Å². The molecule has 3 heterocycles. The Kier molecular flexibility index (Phi) is 4.78. The Morgan fingerprint density at radius 1 is 1.29 bits per heavy atom. The van der Waals surface area contributed by atoms with Crippen LogP contribution in [0.2, 0.25) is 5.02 Å². The maximum absolute atomic E-state index is 13.2. The molecule has 0 atom stereocenters. The lowest BCUT2D eigenvalue weighted by Crippen LogP contribution is -2.24. The van der Waals surface area contributed by atoms with Gasteiger partial charge in [-0.15, -0.1) is 10.2 Å². The van der Waals surface area contributed by atoms with Crippen LogP contribution in [0.15, 0.2) is 35.4 Å². The van der Waals surface area contributed by atoms with Crippen molar-refractivity contribution in [2.75, 3.05) is 17.6 Å². The molecule has 0 saturated heterocycles. The summed E-state index contributed by atoms with van der Waals surface area (Å²) >= 11 is 6.32. The van der Waals surface area contributed by atoms with E-state index in [0.29, 0.717) is 40.6 Å². The average Bonchev–Trinajstić information content (AvgIpc) is 3.48. The number of nitrogens with one attached hydrogen (secondary N) is 1. The van der Waals surface area contributed by atoms with Gasteiger partial charge in [-0.05, 0) is 35.6 Å². The van der Waals surface area contributed by atoms with E-state index in [1.807, 2.05) is 22.8 Å². The molecule has 4 aromatic rings. The Morgan fingerprint density at radius 3 is 2.87 bits per heavy atom. The van der Waals surface area contributed by atoms with E-state index in [0.717, 1.165) is 23.9 Å². The van der Waals surface area contributed by atoms with Gasteiger partial charge in [0.25, 0.3) is 5.56 Å². The Labute approximate surface area is 182 Å². The fourth-order valence-corrected chi connectivity index (χ4v) is 4.02. The van der Waals surface area contributed by atoms with Crippen LogP contribution in [-0.4, -0.2) is 41.3 Å². The molecule has 1 aliphatic carbocycles. The molecule has 5 rings (SSSR count). The summed E-state index contributed by atoms with van der Waals surface area (Å²) in [7, 11) is 1.67. The van der Waals surface area contributed by atoms with Crippen LogP contribution >= 0.6 is 11.6 Å². The van der Waals surface area contributed by atoms with Gasteiger partial charge in [0.1, 0.15) is 23.5 Å². The summed E-state index contributed by atoms with van der Waals surface area (Å²) < 4.78 is 1.88. The molecule has 31 heavy (non-hydrogen) atoms. The summed E-state index contributed by atoms with van der Waals surface area (Å²) in [6.45, 7) is 0.530. The van der Waals surface area contributed by atoms with Crippen LogP contribution in [0.1, 0.15) is 24.6 Å². The second-order valence-corrected chi connectivity index (χ2v) is 7.92. The molecule has 0 radical (unpaired) electrons. The van der Waals surface area contributed by atoms with Crippen molar-refractivity contribution >= 4 is 34.0 Å². The van der Waals surface area contributed by atoms with E-state index in [-0.39, 0.29) is 17.4 Å². The number of fused-ring (bicyclic) bond motifs is 1. The molecule has 1 fully saturated rings. The smallest absolute Gasteiger partial charge is 0.260 e. The molecule has 1 saturated carbocycles. The molecule has 10 nitrogen and oxygen atoms in total. The first-order chi connectivity index (χ1) is 15.0. The fourth-order valence-electron chi connectivity index (χ4n) is 3.76. The van der Waals surface area contributed by atoms with Crippen molar-refractivity contribution in [1.82, 2.24) is 34.7 Å². The molecule has 3 aromatic heterocycles. The largest absolute Gasteiger partial charge is 0.383 e. The highest BCUT2D eigenvalue weighted by molar-refractivity contribution is 6.35. The van der Waals surface area contributed by atoms with Gasteiger partial charge in [0.15, 0.2) is 0 Å². The Balaban J connectivity index is 1.45. The lowest BCUT2D eigenvalue weighted by Gasteiger charge is -2.15. The van der Waals surface area contributed by atoms with Crippen molar-refractivity contribution in [3.63, 3.8) is 0 Å². The van der Waals surface area contributed by atoms with Crippen LogP contribution in [0.4, 0.5) is 11.6 Å². The first-order valence-electron chi connectivity index (χ1n) is 9.94. The number of hydrogen-bond acceptors (Lipinski definition) is 8. The number of nitrogens with two attached hydrogens (primary N) is 1. The summed E-state index contributed by atoms with van der Waals surface area (Å²) in [6.07, 6.45) is 4.00. The van der Waals surface area contributed by atoms with E-state index in [4.69, 9.17) is 17.3 Å². The molecular weight excluding hydrogens is 418 g/mol. The molecule has 1 aliphatic rings. The van der Waals surface area contributed by atoms with Crippen LogP contribution in [0.25, 0.3) is 22.2 Å². The monoisotopic (exact) mass is 437 g/mol. The number of aromatic nitrogens is 7. The molecule has 0 bridgehead atoms. The van der Waals surface area contributed by atoms with E-state index < -0.39 is 0 Å². The second kappa shape index (κ2) is 7.62. The van der Waals surface area contributed by atoms with E-state index in [9.17, 15) is 4.79 Å². The van der Waals surface area contributed by atoms with Crippen LogP contribution in [0, 0.1) is 0 Å². The molecular formula is C20H20ClN9O. The first-order valence-corrected chi connectivity index (χ1v) is 10.3. The first kappa shape index (κ1) is 19.4. The van der Waals surface area contributed by atoms with Gasteiger partial charge in [-0.25, -0.2) is 9.97 Å². The van der Waals surface area contributed by atoms with Gasteiger partial charge in [0, 0.05) is 24.7 Å². The highest BCUT2D eigenvalue weighted by Crippen LogP contribution is 2.36. The van der Waals surface area contributed by atoms with Gasteiger partial charge in [0.05, 0.1) is 17.5 Å². The topological polar surface area (TPSA) is 129 Å². The predicted molar refractivity (Wildman–Crippen MR) is 118 cm³/mol. The van der Waals surface area contributed by atoms with Crippen LogP contribution < -0.4 is 16.6 Å². The third-order valence-corrected chi connectivity index (χ3v) is 5.62. The SMILES string of the molecule is Cn1nnc(-c2c(N)ncnc2NCCc2cc3cccc(Cl)c3c(=O)n2C2CC2)n1. The number of benzene rings is 1. The van der Waals surface area contributed by atoms with Crippen LogP contribution in [-0.2, 0) is 13.5 Å². The minimum absolute atomic E-state index is 0.0312. The molecule has 158 valence electrons. The van der Waals surface area contributed by atoms with E-state index in [2.05, 4.69) is 30.7 Å². The van der Waals surface area contributed by atoms with E-state index in [1.165, 1.54) is 11.1 Å². The van der Waals surface area contributed by atoms with Crippen LogP contribution in [0.5, 0.6) is 0 Å². The van der Waals surface area contributed by atoms with Gasteiger partial charge < -0.3 is 15.6 Å². The molecule has 0 spiro atoms. The molecule has 3 N–H and O–H groups in total. The summed E-state index contributed by atoms with van der Waals surface area (Å²) in [5.74, 6) is 1.13. The quantitative estimate of drug-likeness (QED) is 0.469. The highest BCUT2D eigenvalue weighted by atomic mass is 35.5. The van der Waals surface area contributed by atoms with Gasteiger partial charge in [0.2, 0.25) is 5.82 Å². The van der Waals surface area contributed by atoms with Crippen molar-refractivity contribution in [3.8, 4) is 11.4 Å². The zero-order valence-corrected chi connectivity index (χ0v) is 17.5.